The highest BCUT2D eigenvalue weighted by molar-refractivity contribution is 5.90. The third kappa shape index (κ3) is 3.15. The third-order valence-electron chi connectivity index (χ3n) is 4.56. The Hall–Kier alpha value is -3.02. The summed E-state index contributed by atoms with van der Waals surface area (Å²) in [6.07, 6.45) is 3.54. The molecule has 6 heteroatoms. The number of aryl methyl sites for hydroxylation is 3. The fourth-order valence-corrected chi connectivity index (χ4v) is 3.25. The molecule has 3 aromatic rings. The first-order chi connectivity index (χ1) is 12.2. The van der Waals surface area contributed by atoms with Crippen molar-refractivity contribution in [3.63, 3.8) is 0 Å². The average molecular weight is 334 g/mol. The van der Waals surface area contributed by atoms with Crippen LogP contribution in [0.2, 0.25) is 0 Å². The summed E-state index contributed by atoms with van der Waals surface area (Å²) in [5, 5.41) is 11.3. The molecule has 0 atom stereocenters. The number of fused-ring (bicyclic) bond motifs is 2. The van der Waals surface area contributed by atoms with Gasteiger partial charge in [-0.1, -0.05) is 23.4 Å². The van der Waals surface area contributed by atoms with Crippen LogP contribution in [0, 0.1) is 0 Å². The zero-order valence-electron chi connectivity index (χ0n) is 13.7. The summed E-state index contributed by atoms with van der Waals surface area (Å²) in [6, 6.07) is 13.1. The Balaban J connectivity index is 1.44. The highest BCUT2D eigenvalue weighted by atomic mass is 16.2. The van der Waals surface area contributed by atoms with E-state index in [1.165, 1.54) is 22.2 Å². The molecule has 0 radical (unpaired) electrons. The molecule has 0 bridgehead atoms. The number of hydrogen-bond donors (Lipinski definition) is 1. The Morgan fingerprint density at radius 3 is 2.88 bits per heavy atom. The standard InChI is InChI=1S/C19H18N4O2/c24-18(20-15-9-8-13-4-3-5-14(13)12-15)10-11-23-19(25)16-6-1-2-7-17(16)21-22-23/h1-2,6-9,12H,3-5,10-11H2,(H,20,24). The van der Waals surface area contributed by atoms with E-state index < -0.39 is 0 Å². The number of benzene rings is 2. The summed E-state index contributed by atoms with van der Waals surface area (Å²) in [6.45, 7) is 0.202. The van der Waals surface area contributed by atoms with E-state index in [0.717, 1.165) is 18.5 Å². The molecule has 126 valence electrons. The number of nitrogens with zero attached hydrogens (tertiary/aromatic N) is 3. The fourth-order valence-electron chi connectivity index (χ4n) is 3.25. The Kier molecular flexibility index (Phi) is 4.01. The van der Waals surface area contributed by atoms with E-state index in [-0.39, 0.29) is 24.4 Å². The highest BCUT2D eigenvalue weighted by Crippen LogP contribution is 2.24. The molecule has 25 heavy (non-hydrogen) atoms. The number of rotatable bonds is 4. The van der Waals surface area contributed by atoms with Crippen LogP contribution in [0.3, 0.4) is 0 Å². The highest BCUT2D eigenvalue weighted by Gasteiger charge is 2.12. The molecule has 1 aromatic heterocycles. The number of carbonyl (C=O) groups is 1. The van der Waals surface area contributed by atoms with Gasteiger partial charge in [-0.2, -0.15) is 0 Å². The zero-order chi connectivity index (χ0) is 17.2. The van der Waals surface area contributed by atoms with Crippen LogP contribution in [0.15, 0.2) is 47.3 Å². The number of carbonyl (C=O) groups excluding carboxylic acids is 1. The third-order valence-corrected chi connectivity index (χ3v) is 4.56. The van der Waals surface area contributed by atoms with E-state index in [1.807, 2.05) is 18.2 Å². The molecule has 0 saturated carbocycles. The summed E-state index contributed by atoms with van der Waals surface area (Å²) in [5.74, 6) is -0.139. The van der Waals surface area contributed by atoms with Gasteiger partial charge in [0.1, 0.15) is 5.52 Å². The maximum absolute atomic E-state index is 12.4. The monoisotopic (exact) mass is 334 g/mol. The van der Waals surface area contributed by atoms with Crippen molar-refractivity contribution in [2.45, 2.75) is 32.2 Å². The van der Waals surface area contributed by atoms with Gasteiger partial charge in [-0.05, 0) is 54.7 Å². The predicted octanol–water partition coefficient (Wildman–Crippen LogP) is 2.31. The number of hydrogen-bond acceptors (Lipinski definition) is 4. The molecular formula is C19H18N4O2. The maximum atomic E-state index is 12.4. The van der Waals surface area contributed by atoms with E-state index in [9.17, 15) is 9.59 Å². The predicted molar refractivity (Wildman–Crippen MR) is 95.5 cm³/mol. The van der Waals surface area contributed by atoms with Crippen molar-refractivity contribution in [3.05, 3.63) is 63.9 Å². The van der Waals surface area contributed by atoms with Gasteiger partial charge in [0.25, 0.3) is 5.56 Å². The minimum Gasteiger partial charge on any atom is -0.326 e. The number of aromatic nitrogens is 3. The molecule has 1 amide bonds. The van der Waals surface area contributed by atoms with E-state index in [2.05, 4.69) is 21.7 Å². The molecule has 1 aliphatic rings. The van der Waals surface area contributed by atoms with Crippen LogP contribution in [-0.2, 0) is 24.2 Å². The number of amides is 1. The maximum Gasteiger partial charge on any atom is 0.277 e. The molecule has 0 fully saturated rings. The molecule has 0 saturated heterocycles. The van der Waals surface area contributed by atoms with Crippen LogP contribution < -0.4 is 10.9 Å². The molecule has 0 aliphatic heterocycles. The topological polar surface area (TPSA) is 76.9 Å². The lowest BCUT2D eigenvalue weighted by Crippen LogP contribution is -2.26. The smallest absolute Gasteiger partial charge is 0.277 e. The minimum absolute atomic E-state index is 0.139. The van der Waals surface area contributed by atoms with Crippen LogP contribution in [-0.4, -0.2) is 20.9 Å². The van der Waals surface area contributed by atoms with Gasteiger partial charge in [0, 0.05) is 12.1 Å². The zero-order valence-corrected chi connectivity index (χ0v) is 13.7. The molecule has 0 spiro atoms. The van der Waals surface area contributed by atoms with E-state index >= 15 is 0 Å². The van der Waals surface area contributed by atoms with Crippen molar-refractivity contribution < 1.29 is 4.79 Å². The van der Waals surface area contributed by atoms with Gasteiger partial charge in [0.15, 0.2) is 0 Å². The summed E-state index contributed by atoms with van der Waals surface area (Å²) >= 11 is 0. The Bertz CT molecular complexity index is 1010. The quantitative estimate of drug-likeness (QED) is 0.794. The molecule has 2 aromatic carbocycles. The van der Waals surface area contributed by atoms with Gasteiger partial charge in [0.05, 0.1) is 11.9 Å². The van der Waals surface area contributed by atoms with Crippen molar-refractivity contribution in [1.82, 2.24) is 15.0 Å². The lowest BCUT2D eigenvalue weighted by atomic mass is 10.1. The van der Waals surface area contributed by atoms with Crippen LogP contribution in [0.5, 0.6) is 0 Å². The van der Waals surface area contributed by atoms with Gasteiger partial charge in [-0.3, -0.25) is 9.59 Å². The van der Waals surface area contributed by atoms with Crippen molar-refractivity contribution in [2.24, 2.45) is 0 Å². The first kappa shape index (κ1) is 15.5. The molecule has 4 rings (SSSR count). The van der Waals surface area contributed by atoms with E-state index in [4.69, 9.17) is 0 Å². The Labute approximate surface area is 144 Å². The Morgan fingerprint density at radius 2 is 1.96 bits per heavy atom. The van der Waals surface area contributed by atoms with Crippen LogP contribution in [0.1, 0.15) is 24.0 Å². The van der Waals surface area contributed by atoms with E-state index in [0.29, 0.717) is 10.9 Å². The molecule has 0 unspecified atom stereocenters. The first-order valence-electron chi connectivity index (χ1n) is 8.45. The van der Waals surface area contributed by atoms with Crippen molar-refractivity contribution in [3.8, 4) is 0 Å². The van der Waals surface area contributed by atoms with Gasteiger partial charge >= 0.3 is 0 Å². The molecule has 1 aliphatic carbocycles. The van der Waals surface area contributed by atoms with E-state index in [1.54, 1.807) is 18.2 Å². The van der Waals surface area contributed by atoms with Crippen molar-refractivity contribution in [2.75, 3.05) is 5.32 Å². The van der Waals surface area contributed by atoms with Gasteiger partial charge < -0.3 is 5.32 Å². The summed E-state index contributed by atoms with van der Waals surface area (Å²) in [4.78, 5) is 24.5. The minimum atomic E-state index is -0.226. The summed E-state index contributed by atoms with van der Waals surface area (Å²) < 4.78 is 1.24. The van der Waals surface area contributed by atoms with Crippen LogP contribution in [0.25, 0.3) is 10.9 Å². The van der Waals surface area contributed by atoms with Gasteiger partial charge in [-0.15, -0.1) is 5.10 Å². The fraction of sp³-hybridized carbons (Fsp3) is 0.263. The SMILES string of the molecule is O=C(CCn1nnc2ccccc2c1=O)Nc1ccc2c(c1)CCC2. The second-order valence-electron chi connectivity index (χ2n) is 6.27. The largest absolute Gasteiger partial charge is 0.326 e. The lowest BCUT2D eigenvalue weighted by molar-refractivity contribution is -0.116. The van der Waals surface area contributed by atoms with Gasteiger partial charge in [0.2, 0.25) is 5.91 Å². The molecule has 6 nitrogen and oxygen atoms in total. The molecule has 1 heterocycles. The average Bonchev–Trinajstić information content (AvgIpc) is 3.09. The van der Waals surface area contributed by atoms with Crippen molar-refractivity contribution in [1.29, 1.82) is 0 Å². The van der Waals surface area contributed by atoms with Crippen LogP contribution >= 0.6 is 0 Å². The van der Waals surface area contributed by atoms with Crippen molar-refractivity contribution >= 4 is 22.5 Å². The molecule has 1 N–H and O–H groups in total. The number of anilines is 1. The van der Waals surface area contributed by atoms with Gasteiger partial charge in [-0.25, -0.2) is 4.68 Å². The molecular weight excluding hydrogens is 316 g/mol. The lowest BCUT2D eigenvalue weighted by Gasteiger charge is -2.08. The summed E-state index contributed by atoms with van der Waals surface area (Å²) in [5.41, 5.74) is 3.83. The normalized spacial score (nSPS) is 13.0. The number of nitrogens with one attached hydrogen (secondary N) is 1. The second kappa shape index (κ2) is 6.47. The first-order valence-corrected chi connectivity index (χ1v) is 8.45. The second-order valence-corrected chi connectivity index (χ2v) is 6.27. The van der Waals surface area contributed by atoms with Crippen LogP contribution in [0.4, 0.5) is 5.69 Å². The Morgan fingerprint density at radius 1 is 1.12 bits per heavy atom. The summed E-state index contributed by atoms with van der Waals surface area (Å²) in [7, 11) is 0.